The Morgan fingerprint density at radius 3 is 2.62 bits per heavy atom. The normalized spacial score (nSPS) is 15.3. The summed E-state index contributed by atoms with van der Waals surface area (Å²) in [6, 6.07) is 0.373. The van der Waals surface area contributed by atoms with Crippen molar-refractivity contribution in [2.45, 2.75) is 39.2 Å². The first kappa shape index (κ1) is 12.7. The summed E-state index contributed by atoms with van der Waals surface area (Å²) in [6.45, 7) is 9.28. The van der Waals surface area contributed by atoms with Crippen LogP contribution in [0.4, 0.5) is 0 Å². The smallest absolute Gasteiger partial charge is 0.0434 e. The van der Waals surface area contributed by atoms with Crippen LogP contribution in [-0.4, -0.2) is 24.3 Å². The van der Waals surface area contributed by atoms with Crippen molar-refractivity contribution in [2.75, 3.05) is 13.2 Å². The van der Waals surface area contributed by atoms with E-state index in [4.69, 9.17) is 5.11 Å². The molecule has 78 valence electrons. The molecule has 0 saturated heterocycles. The van der Waals surface area contributed by atoms with Crippen LogP contribution in [0.5, 0.6) is 0 Å². The number of aliphatic hydroxyl groups is 1. The maximum absolute atomic E-state index is 8.84. The molecule has 0 aromatic heterocycles. The Kier molecular flexibility index (Phi) is 8.05. The van der Waals surface area contributed by atoms with Gasteiger partial charge in [-0.25, -0.2) is 0 Å². The van der Waals surface area contributed by atoms with E-state index in [2.05, 4.69) is 25.7 Å². The minimum Gasteiger partial charge on any atom is -0.396 e. The first-order valence-corrected chi connectivity index (χ1v) is 5.21. The quantitative estimate of drug-likeness (QED) is 0.566. The lowest BCUT2D eigenvalue weighted by Gasteiger charge is -2.17. The fraction of sp³-hybridized carbons (Fsp3) is 0.818. The molecule has 0 amide bonds. The predicted molar refractivity (Wildman–Crippen MR) is 57.8 cm³/mol. The number of aliphatic hydroxyl groups excluding tert-OH is 1. The lowest BCUT2D eigenvalue weighted by atomic mass is 10.00. The zero-order valence-electron chi connectivity index (χ0n) is 8.92. The molecule has 0 aromatic carbocycles. The van der Waals surface area contributed by atoms with Crippen LogP contribution in [0.2, 0.25) is 0 Å². The van der Waals surface area contributed by atoms with Gasteiger partial charge in [0.2, 0.25) is 0 Å². The lowest BCUT2D eigenvalue weighted by Crippen LogP contribution is -2.30. The highest BCUT2D eigenvalue weighted by Crippen LogP contribution is 2.09. The van der Waals surface area contributed by atoms with Crippen molar-refractivity contribution in [3.8, 4) is 0 Å². The second-order valence-corrected chi connectivity index (χ2v) is 3.60. The summed E-state index contributed by atoms with van der Waals surface area (Å²) in [4.78, 5) is 0. The van der Waals surface area contributed by atoms with Crippen LogP contribution in [-0.2, 0) is 0 Å². The molecule has 2 heteroatoms. The Balaban J connectivity index is 3.60. The highest BCUT2D eigenvalue weighted by atomic mass is 16.3. The Morgan fingerprint density at radius 1 is 1.46 bits per heavy atom. The Bertz CT molecular complexity index is 119. The van der Waals surface area contributed by atoms with Crippen molar-refractivity contribution in [2.24, 2.45) is 5.92 Å². The van der Waals surface area contributed by atoms with Crippen molar-refractivity contribution in [1.29, 1.82) is 0 Å². The van der Waals surface area contributed by atoms with Crippen molar-refractivity contribution in [1.82, 2.24) is 5.32 Å². The summed E-state index contributed by atoms with van der Waals surface area (Å²) in [5.41, 5.74) is 0. The minimum atomic E-state index is 0.300. The maximum atomic E-state index is 8.84. The van der Waals surface area contributed by atoms with Gasteiger partial charge in [0.15, 0.2) is 0 Å². The average molecular weight is 185 g/mol. The first-order valence-electron chi connectivity index (χ1n) is 5.21. The Labute approximate surface area is 82.0 Å². The average Bonchev–Trinajstić information content (AvgIpc) is 2.14. The van der Waals surface area contributed by atoms with E-state index in [1.54, 1.807) is 0 Å². The van der Waals surface area contributed by atoms with E-state index in [9.17, 15) is 0 Å². The van der Waals surface area contributed by atoms with Gasteiger partial charge in [-0.3, -0.25) is 0 Å². The van der Waals surface area contributed by atoms with Crippen molar-refractivity contribution in [3.05, 3.63) is 12.7 Å². The maximum Gasteiger partial charge on any atom is 0.0434 e. The topological polar surface area (TPSA) is 32.3 Å². The molecule has 13 heavy (non-hydrogen) atoms. The fourth-order valence-electron chi connectivity index (χ4n) is 1.38. The molecule has 2 unspecified atom stereocenters. The van der Waals surface area contributed by atoms with E-state index in [1.165, 1.54) is 12.8 Å². The number of hydrogen-bond donors (Lipinski definition) is 2. The zero-order chi connectivity index (χ0) is 10.1. The predicted octanol–water partition coefficient (Wildman–Crippen LogP) is 1.95. The first-order chi connectivity index (χ1) is 6.24. The molecule has 0 aliphatic carbocycles. The van der Waals surface area contributed by atoms with Crippen LogP contribution in [0.25, 0.3) is 0 Å². The zero-order valence-corrected chi connectivity index (χ0v) is 8.92. The third-order valence-corrected chi connectivity index (χ3v) is 2.32. The summed E-state index contributed by atoms with van der Waals surface area (Å²) >= 11 is 0. The van der Waals surface area contributed by atoms with Gasteiger partial charge >= 0.3 is 0 Å². The van der Waals surface area contributed by atoms with E-state index < -0.39 is 0 Å². The summed E-state index contributed by atoms with van der Waals surface area (Å²) in [5.74, 6) is 0.609. The lowest BCUT2D eigenvalue weighted by molar-refractivity contribution is 0.247. The largest absolute Gasteiger partial charge is 0.396 e. The van der Waals surface area contributed by atoms with Crippen LogP contribution < -0.4 is 5.32 Å². The summed E-state index contributed by atoms with van der Waals surface area (Å²) in [5, 5.41) is 12.2. The molecule has 2 nitrogen and oxygen atoms in total. The minimum absolute atomic E-state index is 0.300. The monoisotopic (exact) mass is 185 g/mol. The SMILES string of the molecule is C=CC(C)NCC(CCC)CCO. The summed E-state index contributed by atoms with van der Waals surface area (Å²) in [7, 11) is 0. The van der Waals surface area contributed by atoms with Crippen molar-refractivity contribution in [3.63, 3.8) is 0 Å². The van der Waals surface area contributed by atoms with Gasteiger partial charge in [0, 0.05) is 12.6 Å². The molecule has 0 radical (unpaired) electrons. The number of hydrogen-bond acceptors (Lipinski definition) is 2. The van der Waals surface area contributed by atoms with Gasteiger partial charge in [-0.1, -0.05) is 19.4 Å². The van der Waals surface area contributed by atoms with Gasteiger partial charge in [0.1, 0.15) is 0 Å². The summed E-state index contributed by atoms with van der Waals surface area (Å²) in [6.07, 6.45) is 5.19. The van der Waals surface area contributed by atoms with Gasteiger partial charge in [-0.15, -0.1) is 6.58 Å². The molecule has 0 saturated carbocycles. The summed E-state index contributed by atoms with van der Waals surface area (Å²) < 4.78 is 0. The van der Waals surface area contributed by atoms with Crippen molar-refractivity contribution >= 4 is 0 Å². The molecule has 0 aliphatic rings. The standard InChI is InChI=1S/C11H23NO/c1-4-6-11(7-8-13)9-12-10(3)5-2/h5,10-13H,2,4,6-9H2,1,3H3. The molecule has 0 spiro atoms. The van der Waals surface area contributed by atoms with Crippen LogP contribution >= 0.6 is 0 Å². The highest BCUT2D eigenvalue weighted by Gasteiger charge is 2.07. The molecule has 2 N–H and O–H groups in total. The molecule has 0 fully saturated rings. The van der Waals surface area contributed by atoms with Crippen LogP contribution in [0.15, 0.2) is 12.7 Å². The van der Waals surface area contributed by atoms with Gasteiger partial charge < -0.3 is 10.4 Å². The molecule has 0 heterocycles. The van der Waals surface area contributed by atoms with E-state index in [-0.39, 0.29) is 0 Å². The van der Waals surface area contributed by atoms with E-state index in [0.717, 1.165) is 13.0 Å². The van der Waals surface area contributed by atoms with Crippen LogP contribution in [0.3, 0.4) is 0 Å². The second kappa shape index (κ2) is 8.27. The van der Waals surface area contributed by atoms with Crippen LogP contribution in [0.1, 0.15) is 33.1 Å². The van der Waals surface area contributed by atoms with Gasteiger partial charge in [0.25, 0.3) is 0 Å². The number of rotatable bonds is 8. The van der Waals surface area contributed by atoms with E-state index in [0.29, 0.717) is 18.6 Å². The number of nitrogens with one attached hydrogen (secondary N) is 1. The van der Waals surface area contributed by atoms with Gasteiger partial charge in [0.05, 0.1) is 0 Å². The molecular weight excluding hydrogens is 162 g/mol. The molecule has 0 bridgehead atoms. The molecular formula is C11H23NO. The molecule has 0 aromatic rings. The van der Waals surface area contributed by atoms with Gasteiger partial charge in [-0.05, 0) is 32.2 Å². The van der Waals surface area contributed by atoms with Gasteiger partial charge in [-0.2, -0.15) is 0 Å². The van der Waals surface area contributed by atoms with E-state index in [1.807, 2.05) is 6.08 Å². The third-order valence-electron chi connectivity index (χ3n) is 2.32. The molecule has 0 rings (SSSR count). The van der Waals surface area contributed by atoms with Crippen molar-refractivity contribution < 1.29 is 5.11 Å². The third kappa shape index (κ3) is 6.79. The van der Waals surface area contributed by atoms with Crippen LogP contribution in [0, 0.1) is 5.92 Å². The Morgan fingerprint density at radius 2 is 2.15 bits per heavy atom. The fourth-order valence-corrected chi connectivity index (χ4v) is 1.38. The van der Waals surface area contributed by atoms with E-state index >= 15 is 0 Å². The molecule has 2 atom stereocenters. The highest BCUT2D eigenvalue weighted by molar-refractivity contribution is 4.81. The second-order valence-electron chi connectivity index (χ2n) is 3.60. The molecule has 0 aliphatic heterocycles. The Hall–Kier alpha value is -0.340.